The first kappa shape index (κ1) is 27.6. The van der Waals surface area contributed by atoms with Crippen molar-refractivity contribution in [2.45, 2.75) is 33.2 Å². The van der Waals surface area contributed by atoms with Gasteiger partial charge in [-0.15, -0.1) is 0 Å². The maximum Gasteiger partial charge on any atom is 0.270 e. The molecule has 1 aliphatic rings. The fraction of sp³-hybridized carbons (Fsp3) is 0.520. The Labute approximate surface area is 216 Å². The third kappa shape index (κ3) is 7.02. The lowest BCUT2D eigenvalue weighted by molar-refractivity contribution is -0.126. The van der Waals surface area contributed by atoms with Gasteiger partial charge < -0.3 is 26.4 Å². The van der Waals surface area contributed by atoms with E-state index in [4.69, 9.17) is 16.2 Å². The van der Waals surface area contributed by atoms with Gasteiger partial charge in [0.2, 0.25) is 5.91 Å². The lowest BCUT2D eigenvalue weighted by Crippen LogP contribution is -2.48. The third-order valence-electron chi connectivity index (χ3n) is 6.15. The zero-order valence-corrected chi connectivity index (χ0v) is 22.0. The van der Waals surface area contributed by atoms with Crippen molar-refractivity contribution < 1.29 is 19.1 Å². The van der Waals surface area contributed by atoms with E-state index in [-0.39, 0.29) is 28.7 Å². The fourth-order valence-corrected chi connectivity index (χ4v) is 4.74. The fourth-order valence-electron chi connectivity index (χ4n) is 3.98. The van der Waals surface area contributed by atoms with Crippen LogP contribution in [0, 0.1) is 12.8 Å². The van der Waals surface area contributed by atoms with Gasteiger partial charge in [-0.3, -0.25) is 19.3 Å². The van der Waals surface area contributed by atoms with E-state index in [1.54, 1.807) is 0 Å². The van der Waals surface area contributed by atoms with Crippen LogP contribution >= 0.6 is 11.5 Å². The number of anilines is 1. The van der Waals surface area contributed by atoms with Gasteiger partial charge in [-0.2, -0.15) is 4.37 Å². The summed E-state index contributed by atoms with van der Waals surface area (Å²) in [4.78, 5) is 43.0. The van der Waals surface area contributed by atoms with Crippen molar-refractivity contribution in [3.63, 3.8) is 0 Å². The number of nitrogens with one attached hydrogen (secondary N) is 1. The van der Waals surface area contributed by atoms with Crippen molar-refractivity contribution in [2.75, 3.05) is 51.7 Å². The number of carbonyl (C=O) groups excluding carboxylic acids is 3. The van der Waals surface area contributed by atoms with Crippen LogP contribution in [0.15, 0.2) is 24.3 Å². The largest absolute Gasteiger partial charge is 0.395 e. The van der Waals surface area contributed by atoms with Crippen LogP contribution in [0.3, 0.4) is 0 Å². The van der Waals surface area contributed by atoms with Crippen LogP contribution in [-0.2, 0) is 9.53 Å². The number of morpholine rings is 1. The third-order valence-corrected chi connectivity index (χ3v) is 7.00. The predicted molar refractivity (Wildman–Crippen MR) is 140 cm³/mol. The normalized spacial score (nSPS) is 15.0. The summed E-state index contributed by atoms with van der Waals surface area (Å²) in [6.45, 7) is 10.2. The molecule has 1 aromatic carbocycles. The summed E-state index contributed by atoms with van der Waals surface area (Å²) in [6, 6.07) is 6.68. The number of ether oxygens (including phenoxy) is 1. The quantitative estimate of drug-likeness (QED) is 0.413. The Hall–Kier alpha value is -3.02. The summed E-state index contributed by atoms with van der Waals surface area (Å²) in [5.74, 6) is -1.11. The number of amides is 3. The topological polar surface area (TPSA) is 144 Å². The van der Waals surface area contributed by atoms with E-state index in [9.17, 15) is 14.4 Å². The van der Waals surface area contributed by atoms with Crippen molar-refractivity contribution in [2.24, 2.45) is 11.7 Å². The molecule has 1 atom stereocenters. The first-order valence-corrected chi connectivity index (χ1v) is 13.0. The van der Waals surface area contributed by atoms with E-state index >= 15 is 0 Å². The van der Waals surface area contributed by atoms with E-state index in [1.165, 1.54) is 4.90 Å². The number of nitrogen functional groups attached to an aromatic ring is 1. The van der Waals surface area contributed by atoms with Gasteiger partial charge in [0, 0.05) is 32.7 Å². The highest BCUT2D eigenvalue weighted by Gasteiger charge is 2.35. The van der Waals surface area contributed by atoms with Crippen LogP contribution in [0.1, 0.15) is 57.6 Å². The Balaban J connectivity index is 1.98. The maximum absolute atomic E-state index is 13.9. The standard InChI is InChI=1S/C25H36N6O4S/c1-16(2)8-9-28-24(33)21(18-6-4-17(3)5-7-18)31(11-10-30-12-14-35-15-13-30)25(34)22-19(26)20(23(27)32)29-36-22/h4-7,16,21H,8-15,26H2,1-3H3,(H2,27,32)(H,28,33)/t21-/m1/s1. The van der Waals surface area contributed by atoms with E-state index in [2.05, 4.69) is 28.4 Å². The van der Waals surface area contributed by atoms with Gasteiger partial charge in [-0.05, 0) is 36.4 Å². The van der Waals surface area contributed by atoms with Gasteiger partial charge in [0.15, 0.2) is 5.69 Å². The monoisotopic (exact) mass is 516 g/mol. The molecule has 196 valence electrons. The molecule has 1 aromatic heterocycles. The number of aryl methyl sites for hydroxylation is 1. The molecule has 5 N–H and O–H groups in total. The van der Waals surface area contributed by atoms with Crippen LogP contribution in [0.5, 0.6) is 0 Å². The van der Waals surface area contributed by atoms with E-state index < -0.39 is 17.9 Å². The summed E-state index contributed by atoms with van der Waals surface area (Å²) in [5.41, 5.74) is 13.0. The highest BCUT2D eigenvalue weighted by Crippen LogP contribution is 2.29. The molecule has 2 heterocycles. The minimum Gasteiger partial charge on any atom is -0.395 e. The van der Waals surface area contributed by atoms with Crippen molar-refractivity contribution >= 4 is 34.9 Å². The number of carbonyl (C=O) groups is 3. The summed E-state index contributed by atoms with van der Waals surface area (Å²) in [6.07, 6.45) is 0.817. The molecule has 11 heteroatoms. The number of nitrogens with two attached hydrogens (primary N) is 2. The first-order valence-electron chi connectivity index (χ1n) is 12.2. The Morgan fingerprint density at radius 1 is 1.19 bits per heavy atom. The second-order valence-electron chi connectivity index (χ2n) is 9.38. The Kier molecular flexibility index (Phi) is 9.80. The molecule has 0 radical (unpaired) electrons. The summed E-state index contributed by atoms with van der Waals surface area (Å²) in [7, 11) is 0. The lowest BCUT2D eigenvalue weighted by Gasteiger charge is -2.34. The molecule has 1 saturated heterocycles. The first-order chi connectivity index (χ1) is 17.2. The highest BCUT2D eigenvalue weighted by atomic mass is 32.1. The zero-order valence-electron chi connectivity index (χ0n) is 21.2. The summed E-state index contributed by atoms with van der Waals surface area (Å²) in [5, 5.41) is 3.01. The summed E-state index contributed by atoms with van der Waals surface area (Å²) < 4.78 is 9.43. The smallest absolute Gasteiger partial charge is 0.270 e. The van der Waals surface area contributed by atoms with Gasteiger partial charge in [0.25, 0.3) is 11.8 Å². The van der Waals surface area contributed by atoms with Gasteiger partial charge in [0.1, 0.15) is 10.9 Å². The van der Waals surface area contributed by atoms with Crippen molar-refractivity contribution in [1.29, 1.82) is 0 Å². The van der Waals surface area contributed by atoms with Crippen LogP contribution in [-0.4, -0.2) is 77.8 Å². The molecule has 0 aliphatic carbocycles. The second-order valence-corrected chi connectivity index (χ2v) is 10.2. The molecule has 0 bridgehead atoms. The molecule has 3 rings (SSSR count). The lowest BCUT2D eigenvalue weighted by atomic mass is 10.0. The van der Waals surface area contributed by atoms with Crippen LogP contribution in [0.25, 0.3) is 0 Å². The molecule has 0 unspecified atom stereocenters. The Morgan fingerprint density at radius 2 is 1.86 bits per heavy atom. The molecular formula is C25H36N6O4S. The number of hydrogen-bond acceptors (Lipinski definition) is 8. The minimum absolute atomic E-state index is 0.0586. The van der Waals surface area contributed by atoms with Gasteiger partial charge in [0.05, 0.1) is 18.9 Å². The van der Waals surface area contributed by atoms with Crippen LogP contribution < -0.4 is 16.8 Å². The molecule has 0 spiro atoms. The van der Waals surface area contributed by atoms with E-state index in [1.807, 2.05) is 31.2 Å². The van der Waals surface area contributed by atoms with Crippen LogP contribution in [0.2, 0.25) is 0 Å². The van der Waals surface area contributed by atoms with Gasteiger partial charge in [-0.25, -0.2) is 0 Å². The molecule has 0 saturated carbocycles. The zero-order chi connectivity index (χ0) is 26.2. The number of hydrogen-bond donors (Lipinski definition) is 3. The van der Waals surface area contributed by atoms with Gasteiger partial charge in [-0.1, -0.05) is 43.7 Å². The van der Waals surface area contributed by atoms with E-state index in [0.29, 0.717) is 37.8 Å². The van der Waals surface area contributed by atoms with Crippen molar-refractivity contribution in [3.8, 4) is 0 Å². The number of nitrogens with zero attached hydrogens (tertiary/aromatic N) is 3. The SMILES string of the molecule is Cc1ccc([C@H](C(=O)NCCC(C)C)N(CCN2CCOCC2)C(=O)c2snc(C(N)=O)c2N)cc1. The van der Waals surface area contributed by atoms with Crippen molar-refractivity contribution in [1.82, 2.24) is 19.5 Å². The number of rotatable bonds is 11. The number of primary amides is 1. The van der Waals surface area contributed by atoms with Crippen molar-refractivity contribution in [3.05, 3.63) is 46.0 Å². The van der Waals surface area contributed by atoms with Gasteiger partial charge >= 0.3 is 0 Å². The summed E-state index contributed by atoms with van der Waals surface area (Å²) >= 11 is 0.819. The molecule has 1 fully saturated rings. The minimum atomic E-state index is -0.884. The molecule has 36 heavy (non-hydrogen) atoms. The average Bonchev–Trinajstić information content (AvgIpc) is 3.24. The maximum atomic E-state index is 13.9. The molecular weight excluding hydrogens is 480 g/mol. The Bertz CT molecular complexity index is 1050. The predicted octanol–water partition coefficient (Wildman–Crippen LogP) is 1.81. The average molecular weight is 517 g/mol. The molecule has 10 nitrogen and oxygen atoms in total. The van der Waals surface area contributed by atoms with E-state index in [0.717, 1.165) is 36.6 Å². The molecule has 1 aliphatic heterocycles. The molecule has 3 amide bonds. The Morgan fingerprint density at radius 3 is 2.44 bits per heavy atom. The second kappa shape index (κ2) is 12.8. The number of benzene rings is 1. The molecule has 2 aromatic rings. The highest BCUT2D eigenvalue weighted by molar-refractivity contribution is 7.09. The van der Waals surface area contributed by atoms with Crippen LogP contribution in [0.4, 0.5) is 5.69 Å². The number of aromatic nitrogens is 1.